The molecular formula is C18H18N2O. The lowest BCUT2D eigenvalue weighted by molar-refractivity contribution is -0.114. The first-order chi connectivity index (χ1) is 10.1. The summed E-state index contributed by atoms with van der Waals surface area (Å²) in [5.41, 5.74) is 4.61. The van der Waals surface area contributed by atoms with E-state index in [4.69, 9.17) is 6.42 Å². The maximum atomic E-state index is 12.0. The third kappa shape index (κ3) is 3.87. The average molecular weight is 278 g/mol. The molecule has 0 saturated carbocycles. The van der Waals surface area contributed by atoms with Gasteiger partial charge in [-0.1, -0.05) is 30.2 Å². The van der Waals surface area contributed by atoms with Gasteiger partial charge in [0.25, 0.3) is 0 Å². The Hall–Kier alpha value is -2.73. The van der Waals surface area contributed by atoms with Gasteiger partial charge in [-0.05, 0) is 43.2 Å². The molecule has 2 N–H and O–H groups in total. The van der Waals surface area contributed by atoms with Crippen LogP contribution >= 0.6 is 0 Å². The highest BCUT2D eigenvalue weighted by molar-refractivity contribution is 5.95. The van der Waals surface area contributed by atoms with Crippen LogP contribution in [0.2, 0.25) is 0 Å². The first kappa shape index (κ1) is 14.7. The van der Waals surface area contributed by atoms with Crippen LogP contribution < -0.4 is 10.6 Å². The summed E-state index contributed by atoms with van der Waals surface area (Å²) in [6.45, 7) is 4.15. The zero-order valence-electron chi connectivity index (χ0n) is 12.2. The largest absolute Gasteiger partial charge is 0.376 e. The van der Waals surface area contributed by atoms with E-state index in [9.17, 15) is 4.79 Å². The molecule has 0 aliphatic rings. The number of benzene rings is 2. The highest BCUT2D eigenvalue weighted by Gasteiger charge is 2.07. The predicted octanol–water partition coefficient (Wildman–Crippen LogP) is 3.34. The SMILES string of the molecule is C#Cc1cccc(NCC(=O)Nc2c(C)cccc2C)c1. The molecule has 0 radical (unpaired) electrons. The van der Waals surface area contributed by atoms with E-state index in [1.807, 2.05) is 56.3 Å². The molecular weight excluding hydrogens is 260 g/mol. The number of hydrogen-bond donors (Lipinski definition) is 2. The van der Waals surface area contributed by atoms with Crippen molar-refractivity contribution in [1.29, 1.82) is 0 Å². The molecule has 3 heteroatoms. The number of terminal acetylenes is 1. The smallest absolute Gasteiger partial charge is 0.243 e. The Kier molecular flexibility index (Phi) is 4.63. The van der Waals surface area contributed by atoms with Crippen molar-refractivity contribution in [3.8, 4) is 12.3 Å². The second kappa shape index (κ2) is 6.62. The molecule has 0 unspecified atom stereocenters. The van der Waals surface area contributed by atoms with Crippen LogP contribution in [0, 0.1) is 26.2 Å². The van der Waals surface area contributed by atoms with Crippen molar-refractivity contribution in [3.05, 3.63) is 59.2 Å². The summed E-state index contributed by atoms with van der Waals surface area (Å²) in [7, 11) is 0. The van der Waals surface area contributed by atoms with Crippen LogP contribution in [0.25, 0.3) is 0 Å². The molecule has 0 aliphatic heterocycles. The summed E-state index contributed by atoms with van der Waals surface area (Å²) in [4.78, 5) is 12.0. The molecule has 2 aromatic carbocycles. The second-order valence-corrected chi connectivity index (χ2v) is 4.89. The molecule has 3 nitrogen and oxygen atoms in total. The number of carbonyl (C=O) groups excluding carboxylic acids is 1. The summed E-state index contributed by atoms with van der Waals surface area (Å²) in [5.74, 6) is 2.48. The van der Waals surface area contributed by atoms with Crippen molar-refractivity contribution < 1.29 is 4.79 Å². The second-order valence-electron chi connectivity index (χ2n) is 4.89. The summed E-state index contributed by atoms with van der Waals surface area (Å²) < 4.78 is 0. The molecule has 0 aliphatic carbocycles. The van der Waals surface area contributed by atoms with Gasteiger partial charge in [-0.25, -0.2) is 0 Å². The van der Waals surface area contributed by atoms with E-state index in [0.717, 1.165) is 28.1 Å². The predicted molar refractivity (Wildman–Crippen MR) is 87.4 cm³/mol. The van der Waals surface area contributed by atoms with Gasteiger partial charge in [0, 0.05) is 16.9 Å². The number of para-hydroxylation sites is 1. The van der Waals surface area contributed by atoms with Crippen LogP contribution in [0.1, 0.15) is 16.7 Å². The Morgan fingerprint density at radius 1 is 1.14 bits per heavy atom. The maximum Gasteiger partial charge on any atom is 0.243 e. The first-order valence-electron chi connectivity index (χ1n) is 6.77. The molecule has 0 saturated heterocycles. The van der Waals surface area contributed by atoms with Crippen LogP contribution in [0.4, 0.5) is 11.4 Å². The lowest BCUT2D eigenvalue weighted by Gasteiger charge is -2.12. The van der Waals surface area contributed by atoms with Gasteiger partial charge in [0.2, 0.25) is 5.91 Å². The van der Waals surface area contributed by atoms with Crippen molar-refractivity contribution in [1.82, 2.24) is 0 Å². The number of rotatable bonds is 4. The first-order valence-corrected chi connectivity index (χ1v) is 6.77. The molecule has 0 spiro atoms. The molecule has 21 heavy (non-hydrogen) atoms. The van der Waals surface area contributed by atoms with Gasteiger partial charge < -0.3 is 10.6 Å². The average Bonchev–Trinajstić information content (AvgIpc) is 2.49. The summed E-state index contributed by atoms with van der Waals surface area (Å²) in [6.07, 6.45) is 5.35. The van der Waals surface area contributed by atoms with Gasteiger partial charge in [-0.2, -0.15) is 0 Å². The van der Waals surface area contributed by atoms with E-state index in [2.05, 4.69) is 16.6 Å². The number of aryl methyl sites for hydroxylation is 2. The van der Waals surface area contributed by atoms with Gasteiger partial charge in [-0.3, -0.25) is 4.79 Å². The van der Waals surface area contributed by atoms with E-state index in [1.165, 1.54) is 0 Å². The number of anilines is 2. The lowest BCUT2D eigenvalue weighted by atomic mass is 10.1. The number of hydrogen-bond acceptors (Lipinski definition) is 2. The van der Waals surface area contributed by atoms with E-state index in [1.54, 1.807) is 0 Å². The molecule has 106 valence electrons. The zero-order valence-corrected chi connectivity index (χ0v) is 12.2. The van der Waals surface area contributed by atoms with Crippen molar-refractivity contribution >= 4 is 17.3 Å². The summed E-state index contributed by atoms with van der Waals surface area (Å²) >= 11 is 0. The van der Waals surface area contributed by atoms with E-state index in [-0.39, 0.29) is 12.5 Å². The molecule has 2 rings (SSSR count). The monoisotopic (exact) mass is 278 g/mol. The van der Waals surface area contributed by atoms with Crippen LogP contribution in [0.15, 0.2) is 42.5 Å². The van der Waals surface area contributed by atoms with Crippen LogP contribution in [0.3, 0.4) is 0 Å². The highest BCUT2D eigenvalue weighted by Crippen LogP contribution is 2.19. The van der Waals surface area contributed by atoms with Gasteiger partial charge in [-0.15, -0.1) is 6.42 Å². The standard InChI is InChI=1S/C18H18N2O/c1-4-15-9-6-10-16(11-15)19-12-17(21)20-18-13(2)7-5-8-14(18)3/h1,5-11,19H,12H2,2-3H3,(H,20,21). The lowest BCUT2D eigenvalue weighted by Crippen LogP contribution is -2.22. The summed E-state index contributed by atoms with van der Waals surface area (Å²) in [5, 5.41) is 6.01. The van der Waals surface area contributed by atoms with Crippen molar-refractivity contribution in [2.24, 2.45) is 0 Å². The normalized spacial score (nSPS) is 9.76. The Bertz CT molecular complexity index is 678. The van der Waals surface area contributed by atoms with Crippen molar-refractivity contribution in [3.63, 3.8) is 0 Å². The van der Waals surface area contributed by atoms with Crippen molar-refractivity contribution in [2.75, 3.05) is 17.2 Å². The van der Waals surface area contributed by atoms with Crippen LogP contribution in [0.5, 0.6) is 0 Å². The van der Waals surface area contributed by atoms with Crippen LogP contribution in [-0.4, -0.2) is 12.5 Å². The van der Waals surface area contributed by atoms with Gasteiger partial charge >= 0.3 is 0 Å². The fourth-order valence-corrected chi connectivity index (χ4v) is 2.10. The van der Waals surface area contributed by atoms with E-state index < -0.39 is 0 Å². The highest BCUT2D eigenvalue weighted by atomic mass is 16.1. The number of nitrogens with one attached hydrogen (secondary N) is 2. The molecule has 0 fully saturated rings. The minimum atomic E-state index is -0.0847. The molecule has 1 amide bonds. The fraction of sp³-hybridized carbons (Fsp3) is 0.167. The molecule has 2 aromatic rings. The molecule has 0 aromatic heterocycles. The minimum absolute atomic E-state index is 0.0847. The van der Waals surface area contributed by atoms with E-state index >= 15 is 0 Å². The van der Waals surface area contributed by atoms with Gasteiger partial charge in [0.05, 0.1) is 6.54 Å². The topological polar surface area (TPSA) is 41.1 Å². The zero-order chi connectivity index (χ0) is 15.2. The minimum Gasteiger partial charge on any atom is -0.376 e. The Morgan fingerprint density at radius 3 is 2.48 bits per heavy atom. The quantitative estimate of drug-likeness (QED) is 0.842. The molecule has 0 atom stereocenters. The third-order valence-corrected chi connectivity index (χ3v) is 3.23. The van der Waals surface area contributed by atoms with Crippen molar-refractivity contribution in [2.45, 2.75) is 13.8 Å². The van der Waals surface area contributed by atoms with Crippen LogP contribution in [-0.2, 0) is 4.79 Å². The Balaban J connectivity index is 1.98. The Labute approximate surface area is 125 Å². The number of amides is 1. The van der Waals surface area contributed by atoms with E-state index in [0.29, 0.717) is 0 Å². The molecule has 0 heterocycles. The van der Waals surface area contributed by atoms with Gasteiger partial charge in [0.15, 0.2) is 0 Å². The molecule has 0 bridgehead atoms. The van der Waals surface area contributed by atoms with Gasteiger partial charge in [0.1, 0.15) is 0 Å². The fourth-order valence-electron chi connectivity index (χ4n) is 2.10. The maximum absolute atomic E-state index is 12.0. The Morgan fingerprint density at radius 2 is 1.81 bits per heavy atom. The summed E-state index contributed by atoms with van der Waals surface area (Å²) in [6, 6.07) is 13.4. The third-order valence-electron chi connectivity index (χ3n) is 3.23. The number of carbonyl (C=O) groups is 1.